The van der Waals surface area contributed by atoms with Gasteiger partial charge in [-0.25, -0.2) is 8.42 Å². The summed E-state index contributed by atoms with van der Waals surface area (Å²) >= 11 is 0. The number of fused-ring (bicyclic) bond motifs is 3. The van der Waals surface area contributed by atoms with Gasteiger partial charge in [-0.3, -0.25) is 9.52 Å². The lowest BCUT2D eigenvalue weighted by atomic mass is 10.1. The Morgan fingerprint density at radius 1 is 0.931 bits per heavy atom. The van der Waals surface area contributed by atoms with E-state index < -0.39 is 10.0 Å². The number of carbonyl (C=O) groups excluding carboxylic acids is 1. The van der Waals surface area contributed by atoms with E-state index in [0.29, 0.717) is 24.2 Å². The van der Waals surface area contributed by atoms with E-state index in [1.54, 1.807) is 36.4 Å². The fourth-order valence-corrected chi connectivity index (χ4v) is 4.27. The van der Waals surface area contributed by atoms with Crippen molar-refractivity contribution >= 4 is 43.6 Å². The van der Waals surface area contributed by atoms with Crippen molar-refractivity contribution in [1.29, 1.82) is 0 Å². The number of para-hydroxylation sites is 1. The van der Waals surface area contributed by atoms with Gasteiger partial charge in [-0.05, 0) is 42.3 Å². The molecule has 6 nitrogen and oxygen atoms in total. The second kappa shape index (κ2) is 7.60. The van der Waals surface area contributed by atoms with E-state index in [2.05, 4.69) is 10.0 Å². The van der Waals surface area contributed by atoms with Gasteiger partial charge in [0, 0.05) is 30.3 Å². The maximum atomic E-state index is 12.7. The first-order valence-corrected chi connectivity index (χ1v) is 10.7. The van der Waals surface area contributed by atoms with Crippen LogP contribution in [-0.2, 0) is 21.2 Å². The maximum Gasteiger partial charge on any atom is 0.261 e. The van der Waals surface area contributed by atoms with Gasteiger partial charge in [0.25, 0.3) is 10.0 Å². The highest BCUT2D eigenvalue weighted by molar-refractivity contribution is 7.92. The van der Waals surface area contributed by atoms with E-state index in [9.17, 15) is 13.2 Å². The summed E-state index contributed by atoms with van der Waals surface area (Å²) in [5.41, 5.74) is 2.77. The number of furan rings is 1. The first-order chi connectivity index (χ1) is 13.9. The van der Waals surface area contributed by atoms with E-state index in [-0.39, 0.29) is 10.8 Å². The van der Waals surface area contributed by atoms with E-state index in [0.717, 1.165) is 21.9 Å². The van der Waals surface area contributed by atoms with Gasteiger partial charge in [-0.1, -0.05) is 30.3 Å². The fourth-order valence-electron chi connectivity index (χ4n) is 3.22. The molecule has 3 aromatic carbocycles. The molecule has 29 heavy (non-hydrogen) atoms. The zero-order valence-electron chi connectivity index (χ0n) is 15.8. The molecule has 0 saturated carbocycles. The van der Waals surface area contributed by atoms with Crippen molar-refractivity contribution in [2.75, 3.05) is 11.3 Å². The Bertz CT molecular complexity index is 1290. The van der Waals surface area contributed by atoms with Gasteiger partial charge in [0.1, 0.15) is 11.2 Å². The third-order valence-electron chi connectivity index (χ3n) is 4.65. The largest absolute Gasteiger partial charge is 0.456 e. The topological polar surface area (TPSA) is 88.4 Å². The fraction of sp³-hybridized carbons (Fsp3) is 0.136. The smallest absolute Gasteiger partial charge is 0.261 e. The second-order valence-corrected chi connectivity index (χ2v) is 8.47. The van der Waals surface area contributed by atoms with Crippen LogP contribution in [0.5, 0.6) is 0 Å². The minimum atomic E-state index is -3.72. The molecule has 4 rings (SSSR count). The van der Waals surface area contributed by atoms with Crippen LogP contribution in [0, 0.1) is 0 Å². The van der Waals surface area contributed by atoms with Crippen LogP contribution in [0.2, 0.25) is 0 Å². The minimum absolute atomic E-state index is 0.0881. The molecule has 7 heteroatoms. The molecule has 1 amide bonds. The molecule has 0 unspecified atom stereocenters. The number of hydrogen-bond acceptors (Lipinski definition) is 4. The maximum absolute atomic E-state index is 12.7. The summed E-state index contributed by atoms with van der Waals surface area (Å²) in [6.45, 7) is 1.97. The summed E-state index contributed by atoms with van der Waals surface area (Å²) in [6, 6.07) is 19.6. The van der Waals surface area contributed by atoms with Gasteiger partial charge in [0.15, 0.2) is 0 Å². The van der Waals surface area contributed by atoms with Crippen molar-refractivity contribution in [3.05, 3.63) is 72.3 Å². The summed E-state index contributed by atoms with van der Waals surface area (Å²) < 4.78 is 33.9. The predicted molar refractivity (Wildman–Crippen MR) is 113 cm³/mol. The number of sulfonamides is 1. The molecule has 0 aliphatic rings. The Morgan fingerprint density at radius 2 is 1.66 bits per heavy atom. The highest BCUT2D eigenvalue weighted by Crippen LogP contribution is 2.31. The lowest BCUT2D eigenvalue weighted by molar-refractivity contribution is -0.118. The lowest BCUT2D eigenvalue weighted by Crippen LogP contribution is -2.22. The van der Waals surface area contributed by atoms with Crippen molar-refractivity contribution < 1.29 is 17.6 Å². The third-order valence-corrected chi connectivity index (χ3v) is 6.05. The Morgan fingerprint density at radius 3 is 2.41 bits per heavy atom. The summed E-state index contributed by atoms with van der Waals surface area (Å²) in [6.07, 6.45) is 0.635. The first-order valence-electron chi connectivity index (χ1n) is 9.20. The Hall–Kier alpha value is -3.32. The molecular formula is C22H20N2O4S. The molecule has 2 N–H and O–H groups in total. The van der Waals surface area contributed by atoms with Gasteiger partial charge in [-0.15, -0.1) is 0 Å². The third kappa shape index (κ3) is 4.09. The lowest BCUT2D eigenvalue weighted by Gasteiger charge is -2.09. The Labute approximate surface area is 168 Å². The van der Waals surface area contributed by atoms with Crippen LogP contribution in [0.4, 0.5) is 5.69 Å². The quantitative estimate of drug-likeness (QED) is 0.503. The standard InChI is InChI=1S/C22H20N2O4S/c1-15(25)23-13-12-16-6-9-18(10-7-16)29(26,27)24-17-8-11-20-19-4-2-3-5-21(19)28-22(20)14-17/h2-11,14,24H,12-13H2,1H3,(H,23,25). The van der Waals surface area contributed by atoms with Crippen LogP contribution >= 0.6 is 0 Å². The van der Waals surface area contributed by atoms with Crippen LogP contribution in [0.25, 0.3) is 21.9 Å². The SMILES string of the molecule is CC(=O)NCCc1ccc(S(=O)(=O)Nc2ccc3c(c2)oc2ccccc23)cc1. The Balaban J connectivity index is 1.53. The van der Waals surface area contributed by atoms with Crippen LogP contribution in [0.1, 0.15) is 12.5 Å². The highest BCUT2D eigenvalue weighted by atomic mass is 32.2. The summed E-state index contributed by atoms with van der Waals surface area (Å²) in [7, 11) is -3.72. The average molecular weight is 408 g/mol. The van der Waals surface area contributed by atoms with E-state index in [1.807, 2.05) is 30.3 Å². The van der Waals surface area contributed by atoms with Gasteiger partial charge < -0.3 is 9.73 Å². The molecule has 0 spiro atoms. The predicted octanol–water partition coefficient (Wildman–Crippen LogP) is 4.07. The monoisotopic (exact) mass is 408 g/mol. The van der Waals surface area contributed by atoms with Crippen molar-refractivity contribution in [2.24, 2.45) is 0 Å². The number of rotatable bonds is 6. The number of hydrogen-bond donors (Lipinski definition) is 2. The molecule has 1 aromatic heterocycles. The number of carbonyl (C=O) groups is 1. The molecule has 148 valence electrons. The van der Waals surface area contributed by atoms with Crippen molar-refractivity contribution in [1.82, 2.24) is 5.32 Å². The van der Waals surface area contributed by atoms with E-state index in [4.69, 9.17) is 4.42 Å². The second-order valence-electron chi connectivity index (χ2n) is 6.79. The van der Waals surface area contributed by atoms with Gasteiger partial charge in [0.2, 0.25) is 5.91 Å². The van der Waals surface area contributed by atoms with Crippen molar-refractivity contribution in [2.45, 2.75) is 18.2 Å². The number of benzene rings is 3. The molecule has 0 aliphatic carbocycles. The van der Waals surface area contributed by atoms with Gasteiger partial charge >= 0.3 is 0 Å². The molecule has 1 heterocycles. The highest BCUT2D eigenvalue weighted by Gasteiger charge is 2.15. The summed E-state index contributed by atoms with van der Waals surface area (Å²) in [4.78, 5) is 11.1. The Kier molecular flexibility index (Phi) is 4.98. The summed E-state index contributed by atoms with van der Waals surface area (Å²) in [5, 5.41) is 4.65. The molecule has 0 aliphatic heterocycles. The van der Waals surface area contributed by atoms with Gasteiger partial charge in [-0.2, -0.15) is 0 Å². The first kappa shape index (κ1) is 19.0. The molecule has 0 bridgehead atoms. The molecular weight excluding hydrogens is 388 g/mol. The van der Waals surface area contributed by atoms with Gasteiger partial charge in [0.05, 0.1) is 10.6 Å². The number of amides is 1. The van der Waals surface area contributed by atoms with Crippen LogP contribution < -0.4 is 10.0 Å². The van der Waals surface area contributed by atoms with E-state index >= 15 is 0 Å². The molecule has 0 atom stereocenters. The van der Waals surface area contributed by atoms with Crippen LogP contribution in [-0.4, -0.2) is 20.9 Å². The average Bonchev–Trinajstić information content (AvgIpc) is 3.05. The zero-order valence-corrected chi connectivity index (χ0v) is 16.6. The zero-order chi connectivity index (χ0) is 20.4. The van der Waals surface area contributed by atoms with Crippen LogP contribution in [0.15, 0.2) is 76.0 Å². The molecule has 0 radical (unpaired) electrons. The van der Waals surface area contributed by atoms with Crippen LogP contribution in [0.3, 0.4) is 0 Å². The van der Waals surface area contributed by atoms with E-state index in [1.165, 1.54) is 6.92 Å². The van der Waals surface area contributed by atoms with Crippen molar-refractivity contribution in [3.8, 4) is 0 Å². The number of anilines is 1. The molecule has 4 aromatic rings. The summed E-state index contributed by atoms with van der Waals surface area (Å²) in [5.74, 6) is -0.0881. The minimum Gasteiger partial charge on any atom is -0.456 e. The molecule has 0 saturated heterocycles. The number of nitrogens with one attached hydrogen (secondary N) is 2. The normalized spacial score (nSPS) is 11.6. The van der Waals surface area contributed by atoms with Crippen molar-refractivity contribution in [3.63, 3.8) is 0 Å². The molecule has 0 fully saturated rings.